The van der Waals surface area contributed by atoms with Gasteiger partial charge in [-0.1, -0.05) is 0 Å². The number of aromatic nitrogens is 4. The lowest BCUT2D eigenvalue weighted by Gasteiger charge is -2.38. The monoisotopic (exact) mass is 356 g/mol. The third kappa shape index (κ3) is 4.22. The van der Waals surface area contributed by atoms with Gasteiger partial charge in [-0.05, 0) is 44.7 Å². The summed E-state index contributed by atoms with van der Waals surface area (Å²) in [7, 11) is 0. The van der Waals surface area contributed by atoms with E-state index >= 15 is 0 Å². The number of nitrogens with zero attached hydrogens (tertiary/aromatic N) is 5. The van der Waals surface area contributed by atoms with Gasteiger partial charge >= 0.3 is 0 Å². The molecule has 0 aromatic carbocycles. The Morgan fingerprint density at radius 1 is 1.27 bits per heavy atom. The van der Waals surface area contributed by atoms with Crippen LogP contribution in [-0.4, -0.2) is 49.9 Å². The first-order valence-corrected chi connectivity index (χ1v) is 9.50. The predicted molar refractivity (Wildman–Crippen MR) is 99.6 cm³/mol. The molecule has 4 rings (SSSR count). The minimum absolute atomic E-state index is 0.0266. The smallest absolute Gasteiger partial charge is 0.222 e. The van der Waals surface area contributed by atoms with Crippen LogP contribution in [0.3, 0.4) is 0 Å². The first-order valence-electron chi connectivity index (χ1n) is 9.50. The van der Waals surface area contributed by atoms with Crippen molar-refractivity contribution in [1.29, 1.82) is 0 Å². The molecule has 7 heteroatoms. The molecule has 4 heterocycles. The number of fused-ring (bicyclic) bond motifs is 1. The van der Waals surface area contributed by atoms with Crippen molar-refractivity contribution in [1.82, 2.24) is 24.6 Å². The van der Waals surface area contributed by atoms with Gasteiger partial charge < -0.3 is 10.1 Å². The molecule has 1 fully saturated rings. The van der Waals surface area contributed by atoms with Crippen LogP contribution in [-0.2, 0) is 24.4 Å². The van der Waals surface area contributed by atoms with E-state index in [4.69, 9.17) is 9.84 Å². The first kappa shape index (κ1) is 17.4. The largest absolute Gasteiger partial charge is 0.376 e. The lowest BCUT2D eigenvalue weighted by atomic mass is 9.88. The summed E-state index contributed by atoms with van der Waals surface area (Å²) in [4.78, 5) is 10.9. The van der Waals surface area contributed by atoms with E-state index in [0.717, 1.165) is 50.8 Å². The number of ether oxygens (including phenoxy) is 1. The molecule has 0 spiro atoms. The van der Waals surface area contributed by atoms with Crippen LogP contribution in [0.1, 0.15) is 38.1 Å². The van der Waals surface area contributed by atoms with Crippen molar-refractivity contribution in [3.05, 3.63) is 35.9 Å². The van der Waals surface area contributed by atoms with Crippen LogP contribution < -0.4 is 5.32 Å². The van der Waals surface area contributed by atoms with Gasteiger partial charge in [0.25, 0.3) is 0 Å². The zero-order valence-electron chi connectivity index (χ0n) is 15.7. The molecule has 2 aliphatic heterocycles. The minimum Gasteiger partial charge on any atom is -0.376 e. The molecule has 7 nitrogen and oxygen atoms in total. The van der Waals surface area contributed by atoms with Crippen LogP contribution in [0, 0.1) is 5.92 Å². The third-order valence-electron chi connectivity index (χ3n) is 5.24. The summed E-state index contributed by atoms with van der Waals surface area (Å²) in [5, 5.41) is 7.95. The van der Waals surface area contributed by atoms with E-state index in [0.29, 0.717) is 12.5 Å². The summed E-state index contributed by atoms with van der Waals surface area (Å²) in [6.45, 7) is 10.1. The van der Waals surface area contributed by atoms with Crippen LogP contribution in [0.25, 0.3) is 0 Å². The van der Waals surface area contributed by atoms with Gasteiger partial charge in [0.15, 0.2) is 0 Å². The summed E-state index contributed by atoms with van der Waals surface area (Å²) in [5.74, 6) is 1.37. The van der Waals surface area contributed by atoms with E-state index in [1.54, 1.807) is 12.4 Å². The molecular weight excluding hydrogens is 328 g/mol. The standard InChI is InChI=1S/C19H28N6O/c1-19(2)11-15(4-9-26-19)13-24-7-8-25-17(14-24)10-16(23-25)12-22-18-20-5-3-6-21-18/h3,5-6,10,15H,4,7-9,11-14H2,1-2H3,(H,20,21,22). The summed E-state index contributed by atoms with van der Waals surface area (Å²) in [5.41, 5.74) is 2.37. The van der Waals surface area contributed by atoms with Crippen molar-refractivity contribution >= 4 is 5.95 Å². The summed E-state index contributed by atoms with van der Waals surface area (Å²) >= 11 is 0. The molecule has 0 radical (unpaired) electrons. The number of hydrogen-bond donors (Lipinski definition) is 1. The Balaban J connectivity index is 1.33. The van der Waals surface area contributed by atoms with Gasteiger partial charge in [-0.25, -0.2) is 9.97 Å². The van der Waals surface area contributed by atoms with Crippen LogP contribution in [0.5, 0.6) is 0 Å². The Kier molecular flexibility index (Phi) is 4.91. The van der Waals surface area contributed by atoms with E-state index < -0.39 is 0 Å². The maximum atomic E-state index is 5.86. The van der Waals surface area contributed by atoms with Gasteiger partial charge in [0, 0.05) is 38.6 Å². The quantitative estimate of drug-likeness (QED) is 0.887. The Labute approximate surface area is 154 Å². The maximum absolute atomic E-state index is 5.86. The highest BCUT2D eigenvalue weighted by molar-refractivity contribution is 5.24. The topological polar surface area (TPSA) is 68.1 Å². The molecule has 0 amide bonds. The number of hydrogen-bond acceptors (Lipinski definition) is 6. The Morgan fingerprint density at radius 3 is 2.92 bits per heavy atom. The van der Waals surface area contributed by atoms with E-state index in [2.05, 4.69) is 44.8 Å². The van der Waals surface area contributed by atoms with Crippen molar-refractivity contribution in [3.63, 3.8) is 0 Å². The Morgan fingerprint density at radius 2 is 2.12 bits per heavy atom. The van der Waals surface area contributed by atoms with Crippen LogP contribution in [0.2, 0.25) is 0 Å². The molecule has 1 saturated heterocycles. The van der Waals surface area contributed by atoms with Crippen molar-refractivity contribution < 1.29 is 4.74 Å². The summed E-state index contributed by atoms with van der Waals surface area (Å²) < 4.78 is 8.00. The molecule has 140 valence electrons. The van der Waals surface area contributed by atoms with E-state index in [9.17, 15) is 0 Å². The molecular formula is C19H28N6O. The number of rotatable bonds is 5. The second kappa shape index (κ2) is 7.32. The fourth-order valence-corrected chi connectivity index (χ4v) is 4.06. The highest BCUT2D eigenvalue weighted by Gasteiger charge is 2.30. The van der Waals surface area contributed by atoms with Crippen molar-refractivity contribution in [3.8, 4) is 0 Å². The highest BCUT2D eigenvalue weighted by atomic mass is 16.5. The van der Waals surface area contributed by atoms with Crippen LogP contribution >= 0.6 is 0 Å². The van der Waals surface area contributed by atoms with E-state index in [1.165, 1.54) is 12.1 Å². The van der Waals surface area contributed by atoms with Crippen LogP contribution in [0.15, 0.2) is 24.5 Å². The molecule has 2 aliphatic rings. The van der Waals surface area contributed by atoms with Crippen molar-refractivity contribution in [2.24, 2.45) is 5.92 Å². The fraction of sp³-hybridized carbons (Fsp3) is 0.632. The second-order valence-electron chi connectivity index (χ2n) is 7.98. The summed E-state index contributed by atoms with van der Waals surface area (Å²) in [6.07, 6.45) is 5.80. The van der Waals surface area contributed by atoms with Gasteiger partial charge in [-0.15, -0.1) is 0 Å². The Hall–Kier alpha value is -1.99. The molecule has 2 aromatic heterocycles. The average Bonchev–Trinajstić information content (AvgIpc) is 3.02. The van der Waals surface area contributed by atoms with Crippen molar-refractivity contribution in [2.75, 3.05) is 25.0 Å². The third-order valence-corrected chi connectivity index (χ3v) is 5.24. The summed E-state index contributed by atoms with van der Waals surface area (Å²) in [6, 6.07) is 4.02. The van der Waals surface area contributed by atoms with Crippen LogP contribution in [0.4, 0.5) is 5.95 Å². The zero-order chi connectivity index (χ0) is 18.0. The maximum Gasteiger partial charge on any atom is 0.222 e. The molecule has 0 saturated carbocycles. The van der Waals surface area contributed by atoms with Gasteiger partial charge in [-0.2, -0.15) is 5.10 Å². The van der Waals surface area contributed by atoms with E-state index in [1.807, 2.05) is 6.07 Å². The molecule has 1 N–H and O–H groups in total. The Bertz CT molecular complexity index is 729. The lowest BCUT2D eigenvalue weighted by Crippen LogP contribution is -2.42. The van der Waals surface area contributed by atoms with Gasteiger partial charge in [0.2, 0.25) is 5.95 Å². The lowest BCUT2D eigenvalue weighted by molar-refractivity contribution is -0.0777. The van der Waals surface area contributed by atoms with Gasteiger partial charge in [0.05, 0.1) is 30.1 Å². The molecule has 1 unspecified atom stereocenters. The van der Waals surface area contributed by atoms with Gasteiger partial charge in [-0.3, -0.25) is 9.58 Å². The first-order chi connectivity index (χ1) is 12.6. The molecule has 1 atom stereocenters. The average molecular weight is 356 g/mol. The number of nitrogens with one attached hydrogen (secondary N) is 1. The minimum atomic E-state index is 0.0266. The second-order valence-corrected chi connectivity index (χ2v) is 7.98. The van der Waals surface area contributed by atoms with Gasteiger partial charge in [0.1, 0.15) is 0 Å². The zero-order valence-corrected chi connectivity index (χ0v) is 15.7. The van der Waals surface area contributed by atoms with Crippen molar-refractivity contribution in [2.45, 2.75) is 51.9 Å². The number of anilines is 1. The SMILES string of the molecule is CC1(C)CC(CN2CCn3nc(CNc4ncccn4)cc3C2)CCO1. The van der Waals surface area contributed by atoms with E-state index in [-0.39, 0.29) is 5.60 Å². The normalized spacial score (nSPS) is 22.8. The highest BCUT2D eigenvalue weighted by Crippen LogP contribution is 2.29. The fourth-order valence-electron chi connectivity index (χ4n) is 4.06. The predicted octanol–water partition coefficient (Wildman–Crippen LogP) is 2.31. The molecule has 26 heavy (non-hydrogen) atoms. The molecule has 2 aromatic rings. The molecule has 0 bridgehead atoms. The molecule has 0 aliphatic carbocycles.